The smallest absolute Gasteiger partial charge is 0.315 e. The normalized spacial score (nSPS) is 21.6. The zero-order valence-corrected chi connectivity index (χ0v) is 13.6. The molecule has 6 heteroatoms. The van der Waals surface area contributed by atoms with Gasteiger partial charge in [0.1, 0.15) is 0 Å². The van der Waals surface area contributed by atoms with Crippen LogP contribution >= 0.6 is 0 Å². The average molecular weight is 299 g/mol. The molecule has 0 aromatic carbocycles. The molecule has 122 valence electrons. The van der Waals surface area contributed by atoms with Crippen LogP contribution in [0.4, 0.5) is 4.79 Å². The third-order valence-electron chi connectivity index (χ3n) is 3.68. The fourth-order valence-corrected chi connectivity index (χ4v) is 2.72. The van der Waals surface area contributed by atoms with Crippen molar-refractivity contribution in [3.05, 3.63) is 0 Å². The van der Waals surface area contributed by atoms with E-state index >= 15 is 0 Å². The van der Waals surface area contributed by atoms with E-state index in [2.05, 4.69) is 15.5 Å². The monoisotopic (exact) mass is 299 g/mol. The molecule has 0 aromatic rings. The number of aliphatic carboxylic acids is 1. The molecule has 0 aromatic heterocycles. The van der Waals surface area contributed by atoms with Gasteiger partial charge >= 0.3 is 12.0 Å². The molecule has 2 atom stereocenters. The number of nitrogens with one attached hydrogen (secondary N) is 2. The Balaban J connectivity index is 2.37. The minimum atomic E-state index is -0.859. The molecular weight excluding hydrogens is 270 g/mol. The second-order valence-corrected chi connectivity index (χ2v) is 7.26. The van der Waals surface area contributed by atoms with Gasteiger partial charge in [-0.15, -0.1) is 0 Å². The zero-order valence-electron chi connectivity index (χ0n) is 13.6. The summed E-state index contributed by atoms with van der Waals surface area (Å²) in [7, 11) is 2.04. The van der Waals surface area contributed by atoms with Crippen molar-refractivity contribution in [2.24, 2.45) is 11.3 Å². The van der Waals surface area contributed by atoms with E-state index in [1.807, 2.05) is 27.8 Å². The predicted octanol–water partition coefficient (Wildman–Crippen LogP) is 1.52. The molecule has 3 N–H and O–H groups in total. The highest BCUT2D eigenvalue weighted by Gasteiger charge is 2.25. The maximum atomic E-state index is 11.9. The first kappa shape index (κ1) is 17.8. The van der Waals surface area contributed by atoms with Crippen LogP contribution in [0.5, 0.6) is 0 Å². The SMILES string of the molecule is CN1CCCC(NC(=O)NCC(CC(C)(C)C)C(=O)O)C1. The van der Waals surface area contributed by atoms with Crippen molar-refractivity contribution in [1.82, 2.24) is 15.5 Å². The maximum Gasteiger partial charge on any atom is 0.315 e. The summed E-state index contributed by atoms with van der Waals surface area (Å²) in [5.41, 5.74) is -0.0761. The quantitative estimate of drug-likeness (QED) is 0.719. The van der Waals surface area contributed by atoms with Crippen molar-refractivity contribution >= 4 is 12.0 Å². The van der Waals surface area contributed by atoms with Gasteiger partial charge in [0.2, 0.25) is 0 Å². The van der Waals surface area contributed by atoms with Crippen LogP contribution in [0.2, 0.25) is 0 Å². The summed E-state index contributed by atoms with van der Waals surface area (Å²) in [5, 5.41) is 14.8. The number of hydrogen-bond acceptors (Lipinski definition) is 3. The van der Waals surface area contributed by atoms with Gasteiger partial charge in [-0.3, -0.25) is 4.79 Å². The van der Waals surface area contributed by atoms with Gasteiger partial charge in [0.05, 0.1) is 5.92 Å². The molecule has 2 unspecified atom stereocenters. The van der Waals surface area contributed by atoms with Crippen LogP contribution in [0.1, 0.15) is 40.0 Å². The lowest BCUT2D eigenvalue weighted by molar-refractivity contribution is -0.142. The first-order valence-electron chi connectivity index (χ1n) is 7.63. The number of rotatable bonds is 5. The first-order valence-corrected chi connectivity index (χ1v) is 7.63. The fourth-order valence-electron chi connectivity index (χ4n) is 2.72. The Morgan fingerprint density at radius 2 is 2.05 bits per heavy atom. The van der Waals surface area contributed by atoms with Gasteiger partial charge in [-0.25, -0.2) is 4.79 Å². The van der Waals surface area contributed by atoms with Crippen molar-refractivity contribution in [3.63, 3.8) is 0 Å². The molecule has 21 heavy (non-hydrogen) atoms. The minimum absolute atomic E-state index is 0.0761. The Labute approximate surface area is 127 Å². The van der Waals surface area contributed by atoms with Crippen molar-refractivity contribution < 1.29 is 14.7 Å². The number of carboxylic acid groups (broad SMARTS) is 1. The molecule has 0 radical (unpaired) electrons. The molecule has 1 saturated heterocycles. The third kappa shape index (κ3) is 7.32. The summed E-state index contributed by atoms with van der Waals surface area (Å²) in [4.78, 5) is 25.3. The van der Waals surface area contributed by atoms with Crippen LogP contribution in [0, 0.1) is 11.3 Å². The fraction of sp³-hybridized carbons (Fsp3) is 0.867. The number of likely N-dealkylation sites (N-methyl/N-ethyl adjacent to an activating group) is 1. The summed E-state index contributed by atoms with van der Waals surface area (Å²) >= 11 is 0. The summed E-state index contributed by atoms with van der Waals surface area (Å²) in [6.45, 7) is 8.08. The van der Waals surface area contributed by atoms with E-state index in [-0.39, 0.29) is 24.0 Å². The Bertz CT molecular complexity index is 366. The van der Waals surface area contributed by atoms with Gasteiger partial charge in [-0.1, -0.05) is 20.8 Å². The van der Waals surface area contributed by atoms with E-state index < -0.39 is 11.9 Å². The first-order chi connectivity index (χ1) is 9.67. The van der Waals surface area contributed by atoms with E-state index in [1.54, 1.807) is 0 Å². The molecule has 1 fully saturated rings. The van der Waals surface area contributed by atoms with Crippen LogP contribution in [0.15, 0.2) is 0 Å². The van der Waals surface area contributed by atoms with Crippen LogP contribution in [-0.2, 0) is 4.79 Å². The third-order valence-corrected chi connectivity index (χ3v) is 3.68. The molecular formula is C15H29N3O3. The lowest BCUT2D eigenvalue weighted by Crippen LogP contribution is -2.50. The molecule has 1 heterocycles. The second kappa shape index (κ2) is 7.64. The lowest BCUT2D eigenvalue weighted by atomic mass is 9.84. The molecule has 0 spiro atoms. The summed E-state index contributed by atoms with van der Waals surface area (Å²) in [6.07, 6.45) is 2.58. The second-order valence-electron chi connectivity index (χ2n) is 7.26. The predicted molar refractivity (Wildman–Crippen MR) is 82.3 cm³/mol. The summed E-state index contributed by atoms with van der Waals surface area (Å²) in [5.74, 6) is -1.41. The molecule has 0 aliphatic carbocycles. The number of likely N-dealkylation sites (tertiary alicyclic amines) is 1. The molecule has 2 amide bonds. The Kier molecular flexibility index (Phi) is 6.45. The van der Waals surface area contributed by atoms with Crippen molar-refractivity contribution in [1.29, 1.82) is 0 Å². The number of carbonyl (C=O) groups excluding carboxylic acids is 1. The van der Waals surface area contributed by atoms with E-state index in [0.717, 1.165) is 25.9 Å². The molecule has 0 bridgehead atoms. The Morgan fingerprint density at radius 1 is 1.38 bits per heavy atom. The topological polar surface area (TPSA) is 81.7 Å². The highest BCUT2D eigenvalue weighted by atomic mass is 16.4. The molecule has 6 nitrogen and oxygen atoms in total. The zero-order chi connectivity index (χ0) is 16.0. The van der Waals surface area contributed by atoms with Crippen LogP contribution in [0.25, 0.3) is 0 Å². The molecule has 0 saturated carbocycles. The van der Waals surface area contributed by atoms with E-state index in [0.29, 0.717) is 6.42 Å². The highest BCUT2D eigenvalue weighted by Crippen LogP contribution is 2.24. The standard InChI is InChI=1S/C15H29N3O3/c1-15(2,3)8-11(13(19)20)9-16-14(21)17-12-6-5-7-18(4)10-12/h11-12H,5-10H2,1-4H3,(H,19,20)(H2,16,17,21). The Morgan fingerprint density at radius 3 is 2.57 bits per heavy atom. The van der Waals surface area contributed by atoms with Gasteiger partial charge in [-0.05, 0) is 38.3 Å². The van der Waals surface area contributed by atoms with E-state index in [4.69, 9.17) is 0 Å². The Hall–Kier alpha value is -1.30. The van der Waals surface area contributed by atoms with Crippen LogP contribution < -0.4 is 10.6 Å². The van der Waals surface area contributed by atoms with Gasteiger partial charge in [0, 0.05) is 19.1 Å². The van der Waals surface area contributed by atoms with Gasteiger partial charge in [0.25, 0.3) is 0 Å². The van der Waals surface area contributed by atoms with E-state index in [9.17, 15) is 14.7 Å². The van der Waals surface area contributed by atoms with Crippen molar-refractivity contribution in [2.45, 2.75) is 46.1 Å². The lowest BCUT2D eigenvalue weighted by Gasteiger charge is -2.30. The number of urea groups is 1. The number of carbonyl (C=O) groups is 2. The van der Waals surface area contributed by atoms with Gasteiger partial charge < -0.3 is 20.6 Å². The average Bonchev–Trinajstić information content (AvgIpc) is 2.32. The van der Waals surface area contributed by atoms with Crippen molar-refractivity contribution in [3.8, 4) is 0 Å². The molecule has 1 rings (SSSR count). The van der Waals surface area contributed by atoms with Crippen molar-refractivity contribution in [2.75, 3.05) is 26.7 Å². The van der Waals surface area contributed by atoms with Gasteiger partial charge in [-0.2, -0.15) is 0 Å². The molecule has 1 aliphatic heterocycles. The number of carboxylic acids is 1. The number of hydrogen-bond donors (Lipinski definition) is 3. The largest absolute Gasteiger partial charge is 0.481 e. The summed E-state index contributed by atoms with van der Waals surface area (Å²) in [6, 6.07) is -0.120. The number of piperidine rings is 1. The number of amides is 2. The van der Waals surface area contributed by atoms with Crippen LogP contribution in [-0.4, -0.2) is 54.7 Å². The minimum Gasteiger partial charge on any atom is -0.481 e. The van der Waals surface area contributed by atoms with Crippen LogP contribution in [0.3, 0.4) is 0 Å². The van der Waals surface area contributed by atoms with E-state index in [1.165, 1.54) is 0 Å². The summed E-state index contributed by atoms with van der Waals surface area (Å²) < 4.78 is 0. The van der Waals surface area contributed by atoms with Gasteiger partial charge in [0.15, 0.2) is 0 Å². The maximum absolute atomic E-state index is 11.9. The molecule has 1 aliphatic rings. The number of nitrogens with zero attached hydrogens (tertiary/aromatic N) is 1. The highest BCUT2D eigenvalue weighted by molar-refractivity contribution is 5.76.